The van der Waals surface area contributed by atoms with Crippen LogP contribution in [0.3, 0.4) is 0 Å². The van der Waals surface area contributed by atoms with Gasteiger partial charge in [-0.1, -0.05) is 6.08 Å². The summed E-state index contributed by atoms with van der Waals surface area (Å²) in [6.07, 6.45) is -1.97. The monoisotopic (exact) mass is 284 g/mol. The first-order valence-electron chi connectivity index (χ1n) is 6.03. The molecule has 1 N–H and O–H groups in total. The van der Waals surface area contributed by atoms with E-state index in [2.05, 4.69) is 11.9 Å². The van der Waals surface area contributed by atoms with Crippen LogP contribution in [-0.2, 0) is 10.9 Å². The smallest absolute Gasteiger partial charge is 0.382 e. The fraction of sp³-hybridized carbons (Fsp3) is 0.357. The lowest BCUT2D eigenvalue weighted by atomic mass is 10.1. The van der Waals surface area contributed by atoms with Crippen LogP contribution >= 0.6 is 0 Å². The van der Waals surface area contributed by atoms with Gasteiger partial charge >= 0.3 is 6.18 Å². The number of rotatable bonds is 7. The number of hydrogen-bond acceptors (Lipinski definition) is 3. The Balaban J connectivity index is 2.58. The van der Waals surface area contributed by atoms with E-state index >= 15 is 0 Å². The van der Waals surface area contributed by atoms with E-state index in [4.69, 9.17) is 10.00 Å². The highest BCUT2D eigenvalue weighted by Gasteiger charge is 2.30. The van der Waals surface area contributed by atoms with Crippen LogP contribution in [0.2, 0.25) is 0 Å². The molecule has 0 saturated carbocycles. The van der Waals surface area contributed by atoms with Crippen molar-refractivity contribution >= 4 is 5.69 Å². The highest BCUT2D eigenvalue weighted by Crippen LogP contribution is 2.31. The molecular weight excluding hydrogens is 269 g/mol. The average molecular weight is 284 g/mol. The van der Waals surface area contributed by atoms with Gasteiger partial charge < -0.3 is 10.1 Å². The number of hydrogen-bond donors (Lipinski definition) is 1. The molecule has 0 bridgehead atoms. The van der Waals surface area contributed by atoms with E-state index in [9.17, 15) is 13.2 Å². The van der Waals surface area contributed by atoms with Gasteiger partial charge in [-0.2, -0.15) is 18.4 Å². The molecule has 3 nitrogen and oxygen atoms in total. The molecule has 0 heterocycles. The predicted octanol–water partition coefficient (Wildman–Crippen LogP) is 3.58. The third-order valence-corrected chi connectivity index (χ3v) is 2.50. The molecule has 0 aliphatic rings. The molecule has 0 aliphatic heterocycles. The van der Waals surface area contributed by atoms with Crippen molar-refractivity contribution in [1.29, 1.82) is 5.26 Å². The van der Waals surface area contributed by atoms with Gasteiger partial charge in [0.1, 0.15) is 6.07 Å². The average Bonchev–Trinajstić information content (AvgIpc) is 2.41. The van der Waals surface area contributed by atoms with E-state index in [1.165, 1.54) is 6.07 Å². The Morgan fingerprint density at radius 1 is 1.35 bits per heavy atom. The second kappa shape index (κ2) is 7.56. The van der Waals surface area contributed by atoms with Crippen LogP contribution in [0.5, 0.6) is 0 Å². The lowest BCUT2D eigenvalue weighted by Crippen LogP contribution is -2.12. The Morgan fingerprint density at radius 3 is 2.70 bits per heavy atom. The molecule has 0 radical (unpaired) electrons. The van der Waals surface area contributed by atoms with Crippen LogP contribution in [-0.4, -0.2) is 19.8 Å². The van der Waals surface area contributed by atoms with Crippen molar-refractivity contribution < 1.29 is 17.9 Å². The first-order valence-corrected chi connectivity index (χ1v) is 6.03. The molecule has 108 valence electrons. The van der Waals surface area contributed by atoms with E-state index in [-0.39, 0.29) is 5.56 Å². The van der Waals surface area contributed by atoms with Crippen LogP contribution in [0.1, 0.15) is 17.5 Å². The zero-order chi connectivity index (χ0) is 15.0. The fourth-order valence-corrected chi connectivity index (χ4v) is 1.49. The maximum absolute atomic E-state index is 12.5. The van der Waals surface area contributed by atoms with Crippen molar-refractivity contribution in [3.05, 3.63) is 42.0 Å². The number of halogens is 3. The number of ether oxygens (including phenoxy) is 1. The molecule has 0 amide bonds. The molecule has 0 spiro atoms. The SMILES string of the molecule is C=CCCOCCNc1ccc(C(F)(F)F)cc1C#N. The number of nitrogens with zero attached hydrogens (tertiary/aromatic N) is 1. The summed E-state index contributed by atoms with van der Waals surface area (Å²) in [5.41, 5.74) is -0.499. The molecule has 1 rings (SSSR count). The minimum atomic E-state index is -4.45. The molecule has 0 aliphatic carbocycles. The Labute approximate surface area is 115 Å². The zero-order valence-corrected chi connectivity index (χ0v) is 10.8. The molecule has 0 fully saturated rings. The maximum atomic E-state index is 12.5. The molecule has 0 atom stereocenters. The summed E-state index contributed by atoms with van der Waals surface area (Å²) in [4.78, 5) is 0. The molecule has 20 heavy (non-hydrogen) atoms. The second-order valence-corrected chi connectivity index (χ2v) is 3.99. The summed E-state index contributed by atoms with van der Waals surface area (Å²) < 4.78 is 42.8. The normalized spacial score (nSPS) is 10.9. The molecule has 6 heteroatoms. The third kappa shape index (κ3) is 4.94. The molecule has 0 aromatic heterocycles. The van der Waals surface area contributed by atoms with Gasteiger partial charge in [-0.3, -0.25) is 0 Å². The van der Waals surface area contributed by atoms with Crippen LogP contribution in [0.4, 0.5) is 18.9 Å². The summed E-state index contributed by atoms with van der Waals surface area (Å²) in [5.74, 6) is 0. The van der Waals surface area contributed by atoms with E-state index in [1.54, 1.807) is 12.1 Å². The summed E-state index contributed by atoms with van der Waals surface area (Å²) in [6, 6.07) is 4.79. The van der Waals surface area contributed by atoms with E-state index < -0.39 is 11.7 Å². The van der Waals surface area contributed by atoms with E-state index in [0.717, 1.165) is 18.6 Å². The highest BCUT2D eigenvalue weighted by molar-refractivity contribution is 5.58. The highest BCUT2D eigenvalue weighted by atomic mass is 19.4. The predicted molar refractivity (Wildman–Crippen MR) is 70.3 cm³/mol. The van der Waals surface area contributed by atoms with Gasteiger partial charge in [0.2, 0.25) is 0 Å². The Morgan fingerprint density at radius 2 is 2.10 bits per heavy atom. The van der Waals surface area contributed by atoms with Crippen molar-refractivity contribution in [2.75, 3.05) is 25.1 Å². The quantitative estimate of drug-likeness (QED) is 0.615. The van der Waals surface area contributed by atoms with Gasteiger partial charge in [-0.15, -0.1) is 6.58 Å². The lowest BCUT2D eigenvalue weighted by molar-refractivity contribution is -0.137. The van der Waals surface area contributed by atoms with Crippen LogP contribution in [0.25, 0.3) is 0 Å². The maximum Gasteiger partial charge on any atom is 0.416 e. The van der Waals surface area contributed by atoms with E-state index in [1.807, 2.05) is 0 Å². The van der Waals surface area contributed by atoms with Crippen LogP contribution < -0.4 is 5.32 Å². The third-order valence-electron chi connectivity index (χ3n) is 2.50. The molecule has 1 aromatic carbocycles. The molecule has 0 saturated heterocycles. The number of alkyl halides is 3. The standard InChI is InChI=1S/C14H15F3N2O/c1-2-3-7-20-8-6-19-13-5-4-12(14(15,16)17)9-11(13)10-18/h2,4-5,9,19H,1,3,6-8H2. The first-order chi connectivity index (χ1) is 9.49. The minimum absolute atomic E-state index is 0.0362. The van der Waals surface area contributed by atoms with Crippen molar-refractivity contribution in [1.82, 2.24) is 0 Å². The first kappa shape index (κ1) is 16.1. The van der Waals surface area contributed by atoms with E-state index in [0.29, 0.717) is 25.4 Å². The Bertz CT molecular complexity index is 492. The van der Waals surface area contributed by atoms with Crippen molar-refractivity contribution in [3.63, 3.8) is 0 Å². The number of nitrogens with one attached hydrogen (secondary N) is 1. The number of nitriles is 1. The van der Waals surface area contributed by atoms with Gasteiger partial charge in [0.25, 0.3) is 0 Å². The summed E-state index contributed by atoms with van der Waals surface area (Å²) >= 11 is 0. The second-order valence-electron chi connectivity index (χ2n) is 3.99. The Hall–Kier alpha value is -2.00. The van der Waals surface area contributed by atoms with Gasteiger partial charge in [0, 0.05) is 6.54 Å². The van der Waals surface area contributed by atoms with Gasteiger partial charge in [0.15, 0.2) is 0 Å². The van der Waals surface area contributed by atoms with Crippen molar-refractivity contribution in [3.8, 4) is 6.07 Å². The summed E-state index contributed by atoms with van der Waals surface area (Å²) in [5, 5.41) is 11.8. The van der Waals surface area contributed by atoms with Crippen molar-refractivity contribution in [2.24, 2.45) is 0 Å². The number of benzene rings is 1. The topological polar surface area (TPSA) is 45.0 Å². The lowest BCUT2D eigenvalue weighted by Gasteiger charge is -2.11. The zero-order valence-electron chi connectivity index (χ0n) is 10.8. The van der Waals surface area contributed by atoms with Crippen molar-refractivity contribution in [2.45, 2.75) is 12.6 Å². The molecular formula is C14H15F3N2O. The fourth-order valence-electron chi connectivity index (χ4n) is 1.49. The largest absolute Gasteiger partial charge is 0.416 e. The van der Waals surface area contributed by atoms with Crippen LogP contribution in [0.15, 0.2) is 30.9 Å². The molecule has 0 unspecified atom stereocenters. The molecule has 1 aromatic rings. The number of anilines is 1. The van der Waals surface area contributed by atoms with Crippen LogP contribution in [0, 0.1) is 11.3 Å². The van der Waals surface area contributed by atoms with Gasteiger partial charge in [-0.25, -0.2) is 0 Å². The van der Waals surface area contributed by atoms with Gasteiger partial charge in [-0.05, 0) is 24.6 Å². The minimum Gasteiger partial charge on any atom is -0.382 e. The summed E-state index contributed by atoms with van der Waals surface area (Å²) in [6.45, 7) is 4.91. The summed E-state index contributed by atoms with van der Waals surface area (Å²) in [7, 11) is 0. The van der Waals surface area contributed by atoms with Gasteiger partial charge in [0.05, 0.1) is 30.0 Å². The Kier molecular flexibility index (Phi) is 6.07.